The molecular weight excluding hydrogens is 174 g/mol. The van der Waals surface area contributed by atoms with Crippen molar-refractivity contribution in [2.75, 3.05) is 7.05 Å². The SMILES string of the molecule is CC(C)C1(C)CC(=O)CC(C)(C)N1C. The van der Waals surface area contributed by atoms with Crippen LogP contribution in [-0.4, -0.2) is 28.8 Å². The van der Waals surface area contributed by atoms with Crippen LogP contribution in [0.4, 0.5) is 0 Å². The van der Waals surface area contributed by atoms with E-state index in [0.717, 1.165) is 0 Å². The van der Waals surface area contributed by atoms with Crippen LogP contribution in [0.5, 0.6) is 0 Å². The maximum atomic E-state index is 11.7. The van der Waals surface area contributed by atoms with E-state index in [2.05, 4.69) is 46.6 Å². The lowest BCUT2D eigenvalue weighted by Crippen LogP contribution is -2.62. The normalized spacial score (nSPS) is 33.8. The number of carbonyl (C=O) groups excluding carboxylic acids is 1. The van der Waals surface area contributed by atoms with Crippen molar-refractivity contribution in [3.8, 4) is 0 Å². The number of Topliss-reactive ketones (excluding diaryl/α,β-unsaturated/α-hetero) is 1. The second-order valence-corrected chi connectivity index (χ2v) is 5.78. The molecule has 0 saturated carbocycles. The average Bonchev–Trinajstić information content (AvgIpc) is 1.98. The first kappa shape index (κ1) is 11.7. The quantitative estimate of drug-likeness (QED) is 0.643. The van der Waals surface area contributed by atoms with Gasteiger partial charge in [-0.1, -0.05) is 13.8 Å². The summed E-state index contributed by atoms with van der Waals surface area (Å²) in [4.78, 5) is 14.1. The van der Waals surface area contributed by atoms with Crippen molar-refractivity contribution in [1.82, 2.24) is 4.90 Å². The molecule has 0 aromatic heterocycles. The molecule has 1 aliphatic heterocycles. The summed E-state index contributed by atoms with van der Waals surface area (Å²) in [5.74, 6) is 0.917. The van der Waals surface area contributed by atoms with Crippen molar-refractivity contribution in [3.63, 3.8) is 0 Å². The molecule has 82 valence electrons. The van der Waals surface area contributed by atoms with E-state index in [0.29, 0.717) is 24.5 Å². The van der Waals surface area contributed by atoms with Gasteiger partial charge in [0.05, 0.1) is 0 Å². The molecule has 14 heavy (non-hydrogen) atoms. The summed E-state index contributed by atoms with van der Waals surface area (Å²) in [6, 6.07) is 0. The van der Waals surface area contributed by atoms with E-state index >= 15 is 0 Å². The number of likely N-dealkylation sites (tertiary alicyclic amines) is 1. The van der Waals surface area contributed by atoms with Gasteiger partial charge < -0.3 is 0 Å². The zero-order valence-corrected chi connectivity index (χ0v) is 10.3. The van der Waals surface area contributed by atoms with Crippen molar-refractivity contribution in [2.45, 2.75) is 58.5 Å². The number of ketones is 1. The van der Waals surface area contributed by atoms with Crippen molar-refractivity contribution in [2.24, 2.45) is 5.92 Å². The minimum Gasteiger partial charge on any atom is -0.300 e. The Bertz CT molecular complexity index is 245. The molecule has 0 aromatic carbocycles. The molecule has 1 saturated heterocycles. The Hall–Kier alpha value is -0.370. The number of nitrogens with zero attached hydrogens (tertiary/aromatic N) is 1. The molecule has 0 radical (unpaired) electrons. The highest BCUT2D eigenvalue weighted by Crippen LogP contribution is 2.39. The van der Waals surface area contributed by atoms with Crippen molar-refractivity contribution >= 4 is 5.78 Å². The molecule has 1 aliphatic rings. The molecule has 1 rings (SSSR count). The van der Waals surface area contributed by atoms with Gasteiger partial charge in [-0.15, -0.1) is 0 Å². The topological polar surface area (TPSA) is 20.3 Å². The fraction of sp³-hybridized carbons (Fsp3) is 0.917. The van der Waals surface area contributed by atoms with E-state index in [1.165, 1.54) is 0 Å². The third-order valence-corrected chi connectivity index (χ3v) is 4.10. The van der Waals surface area contributed by atoms with Crippen LogP contribution < -0.4 is 0 Å². The Morgan fingerprint density at radius 2 is 1.71 bits per heavy atom. The van der Waals surface area contributed by atoms with Crippen LogP contribution in [0.25, 0.3) is 0 Å². The Kier molecular flexibility index (Phi) is 2.79. The summed E-state index contributed by atoms with van der Waals surface area (Å²) in [5, 5.41) is 0. The standard InChI is InChI=1S/C12H23NO/c1-9(2)12(5)8-10(14)7-11(3,4)13(12)6/h9H,7-8H2,1-6H3. The number of piperidine rings is 1. The lowest BCUT2D eigenvalue weighted by molar-refractivity contribution is -0.135. The lowest BCUT2D eigenvalue weighted by atomic mass is 9.73. The molecule has 1 heterocycles. The minimum atomic E-state index is 0.00829. The molecule has 2 heteroatoms. The molecule has 0 aromatic rings. The Labute approximate surface area is 87.7 Å². The average molecular weight is 197 g/mol. The Morgan fingerprint density at radius 3 is 2.14 bits per heavy atom. The maximum Gasteiger partial charge on any atom is 0.136 e. The van der Waals surface area contributed by atoms with Gasteiger partial charge in [-0.3, -0.25) is 9.69 Å². The number of hydrogen-bond donors (Lipinski definition) is 0. The van der Waals surface area contributed by atoms with E-state index in [-0.39, 0.29) is 11.1 Å². The Balaban J connectivity index is 3.02. The summed E-state index contributed by atoms with van der Waals surface area (Å²) in [6.45, 7) is 10.9. The van der Waals surface area contributed by atoms with Gasteiger partial charge in [-0.2, -0.15) is 0 Å². The monoisotopic (exact) mass is 197 g/mol. The van der Waals surface area contributed by atoms with Crippen LogP contribution in [0, 0.1) is 5.92 Å². The summed E-state index contributed by atoms with van der Waals surface area (Å²) in [5.41, 5.74) is 0.0349. The highest BCUT2D eigenvalue weighted by Gasteiger charge is 2.46. The number of carbonyl (C=O) groups is 1. The molecule has 0 bridgehead atoms. The van der Waals surface area contributed by atoms with Gasteiger partial charge in [0.2, 0.25) is 0 Å². The second-order valence-electron chi connectivity index (χ2n) is 5.78. The van der Waals surface area contributed by atoms with E-state index in [4.69, 9.17) is 0 Å². The van der Waals surface area contributed by atoms with E-state index < -0.39 is 0 Å². The molecule has 1 atom stereocenters. The van der Waals surface area contributed by atoms with Crippen molar-refractivity contribution in [1.29, 1.82) is 0 Å². The molecule has 1 unspecified atom stereocenters. The van der Waals surface area contributed by atoms with Gasteiger partial charge in [-0.25, -0.2) is 0 Å². The van der Waals surface area contributed by atoms with Crippen LogP contribution in [0.15, 0.2) is 0 Å². The van der Waals surface area contributed by atoms with Crippen LogP contribution in [0.1, 0.15) is 47.5 Å². The van der Waals surface area contributed by atoms with Crippen LogP contribution >= 0.6 is 0 Å². The van der Waals surface area contributed by atoms with Crippen molar-refractivity contribution < 1.29 is 4.79 Å². The number of rotatable bonds is 1. The summed E-state index contributed by atoms with van der Waals surface area (Å²) >= 11 is 0. The van der Waals surface area contributed by atoms with Gasteiger partial charge in [0.15, 0.2) is 0 Å². The molecule has 2 nitrogen and oxygen atoms in total. The summed E-state index contributed by atoms with van der Waals surface area (Å²) < 4.78 is 0. The van der Waals surface area contributed by atoms with Crippen LogP contribution in [0.3, 0.4) is 0 Å². The molecule has 0 spiro atoms. The molecule has 1 fully saturated rings. The van der Waals surface area contributed by atoms with Gasteiger partial charge in [0.1, 0.15) is 5.78 Å². The summed E-state index contributed by atoms with van der Waals surface area (Å²) in [6.07, 6.45) is 1.39. The molecule has 0 N–H and O–H groups in total. The molecule has 0 aliphatic carbocycles. The highest BCUT2D eigenvalue weighted by molar-refractivity contribution is 5.81. The smallest absolute Gasteiger partial charge is 0.136 e. The largest absolute Gasteiger partial charge is 0.300 e. The van der Waals surface area contributed by atoms with Gasteiger partial charge in [0.25, 0.3) is 0 Å². The zero-order valence-electron chi connectivity index (χ0n) is 10.3. The lowest BCUT2D eigenvalue weighted by Gasteiger charge is -2.53. The van der Waals surface area contributed by atoms with Gasteiger partial charge in [0, 0.05) is 23.9 Å². The first-order chi connectivity index (χ1) is 6.20. The third-order valence-electron chi connectivity index (χ3n) is 4.10. The molecular formula is C12H23NO. The van der Waals surface area contributed by atoms with E-state index in [9.17, 15) is 4.79 Å². The van der Waals surface area contributed by atoms with E-state index in [1.54, 1.807) is 0 Å². The fourth-order valence-corrected chi connectivity index (χ4v) is 2.46. The minimum absolute atomic E-state index is 0.00829. The van der Waals surface area contributed by atoms with Gasteiger partial charge >= 0.3 is 0 Å². The molecule has 0 amide bonds. The zero-order chi connectivity index (χ0) is 11.1. The fourth-order valence-electron chi connectivity index (χ4n) is 2.46. The van der Waals surface area contributed by atoms with Crippen LogP contribution in [0.2, 0.25) is 0 Å². The van der Waals surface area contributed by atoms with E-state index in [1.807, 2.05) is 0 Å². The Morgan fingerprint density at radius 1 is 1.21 bits per heavy atom. The maximum absolute atomic E-state index is 11.7. The predicted molar refractivity (Wildman–Crippen MR) is 59.3 cm³/mol. The first-order valence-electron chi connectivity index (χ1n) is 5.46. The second kappa shape index (κ2) is 3.34. The first-order valence-corrected chi connectivity index (χ1v) is 5.46. The van der Waals surface area contributed by atoms with Gasteiger partial charge in [-0.05, 0) is 33.7 Å². The highest BCUT2D eigenvalue weighted by atomic mass is 16.1. The predicted octanol–water partition coefficient (Wildman–Crippen LogP) is 2.47. The van der Waals surface area contributed by atoms with Crippen LogP contribution in [-0.2, 0) is 4.79 Å². The third kappa shape index (κ3) is 1.72. The number of hydrogen-bond acceptors (Lipinski definition) is 2. The van der Waals surface area contributed by atoms with Crippen molar-refractivity contribution in [3.05, 3.63) is 0 Å². The summed E-state index contributed by atoms with van der Waals surface area (Å²) in [7, 11) is 2.15.